The zero-order valence-electron chi connectivity index (χ0n) is 10.7. The highest BCUT2D eigenvalue weighted by Crippen LogP contribution is 2.39. The van der Waals surface area contributed by atoms with Crippen molar-refractivity contribution in [1.29, 1.82) is 0 Å². The molecule has 5 N–H and O–H groups in total. The van der Waals surface area contributed by atoms with E-state index in [1.54, 1.807) is 6.33 Å². The number of rotatable bonds is 3. The lowest BCUT2D eigenvalue weighted by atomic mass is 10.1. The van der Waals surface area contributed by atoms with Crippen molar-refractivity contribution in [2.75, 3.05) is 11.9 Å². The Morgan fingerprint density at radius 3 is 3.00 bits per heavy atom. The van der Waals surface area contributed by atoms with Gasteiger partial charge in [-0.25, -0.2) is 9.98 Å². The maximum Gasteiger partial charge on any atom is 0.211 e. The predicted molar refractivity (Wildman–Crippen MR) is 75.1 cm³/mol. The third-order valence-electron chi connectivity index (χ3n) is 3.92. The number of nitrogens with two attached hydrogens (primary N) is 1. The molecule has 0 radical (unpaired) electrons. The standard InChI is InChI=1S/C11H17N5O3S/c12-11-14-9-8(10(15-11)19-20)13-4-16(9)6-1-5(3-17)7(18)2-6/h4-7,10,17-18,20H,1-3H2,(H3,12,14,15)/t5-,6-,7+,10?/m1/s1. The number of nitrogens with one attached hydrogen (secondary N) is 1. The summed E-state index contributed by atoms with van der Waals surface area (Å²) in [7, 11) is 0. The quantitative estimate of drug-likeness (QED) is 0.389. The number of nitrogens with zero attached hydrogens (tertiary/aromatic N) is 3. The first-order valence-corrected chi connectivity index (χ1v) is 6.76. The Hall–Kier alpha value is -1.29. The van der Waals surface area contributed by atoms with Crippen LogP contribution in [-0.4, -0.2) is 38.4 Å². The van der Waals surface area contributed by atoms with E-state index in [2.05, 4.69) is 28.2 Å². The molecule has 3 rings (SSSR count). The smallest absolute Gasteiger partial charge is 0.211 e. The average molecular weight is 299 g/mol. The molecule has 2 aliphatic rings. The molecule has 1 aromatic heterocycles. The summed E-state index contributed by atoms with van der Waals surface area (Å²) in [5.41, 5.74) is 6.33. The first-order valence-electron chi connectivity index (χ1n) is 6.40. The van der Waals surface area contributed by atoms with Gasteiger partial charge in [0.15, 0.2) is 5.96 Å². The summed E-state index contributed by atoms with van der Waals surface area (Å²) in [5, 5.41) is 22.1. The zero-order chi connectivity index (χ0) is 14.3. The van der Waals surface area contributed by atoms with Gasteiger partial charge in [-0.05, 0) is 25.8 Å². The summed E-state index contributed by atoms with van der Waals surface area (Å²) in [6.45, 7) is -0.0199. The van der Waals surface area contributed by atoms with Crippen LogP contribution in [0.15, 0.2) is 11.3 Å². The van der Waals surface area contributed by atoms with Crippen LogP contribution in [0.4, 0.5) is 5.82 Å². The van der Waals surface area contributed by atoms with E-state index in [-0.39, 0.29) is 24.5 Å². The van der Waals surface area contributed by atoms with Gasteiger partial charge in [0, 0.05) is 18.6 Å². The molecular formula is C11H17N5O3S. The lowest BCUT2D eigenvalue weighted by molar-refractivity contribution is 0.0906. The minimum atomic E-state index is -0.643. The van der Waals surface area contributed by atoms with E-state index in [4.69, 9.17) is 9.92 Å². The maximum absolute atomic E-state index is 9.91. The number of imidazole rings is 1. The van der Waals surface area contributed by atoms with Crippen LogP contribution < -0.4 is 11.1 Å². The number of aliphatic hydroxyl groups is 2. The van der Waals surface area contributed by atoms with Gasteiger partial charge in [-0.1, -0.05) is 0 Å². The van der Waals surface area contributed by atoms with Gasteiger partial charge in [0.25, 0.3) is 0 Å². The van der Waals surface area contributed by atoms with Crippen LogP contribution in [0.1, 0.15) is 30.8 Å². The van der Waals surface area contributed by atoms with E-state index in [0.29, 0.717) is 24.4 Å². The van der Waals surface area contributed by atoms with E-state index in [1.807, 2.05) is 4.57 Å². The van der Waals surface area contributed by atoms with Crippen molar-refractivity contribution in [3.05, 3.63) is 12.0 Å². The second kappa shape index (κ2) is 5.24. The average Bonchev–Trinajstić information content (AvgIpc) is 3.00. The topological polar surface area (TPSA) is 118 Å². The minimum absolute atomic E-state index is 0.0199. The van der Waals surface area contributed by atoms with Gasteiger partial charge in [0.2, 0.25) is 6.23 Å². The molecule has 1 fully saturated rings. The molecule has 1 unspecified atom stereocenters. The predicted octanol–water partition coefficient (Wildman–Crippen LogP) is -0.212. The summed E-state index contributed by atoms with van der Waals surface area (Å²) >= 11 is 3.78. The van der Waals surface area contributed by atoms with Gasteiger partial charge in [-0.2, -0.15) is 0 Å². The molecule has 20 heavy (non-hydrogen) atoms. The number of aliphatic imine (C=N–C) groups is 1. The van der Waals surface area contributed by atoms with Gasteiger partial charge < -0.3 is 25.8 Å². The highest BCUT2D eigenvalue weighted by Gasteiger charge is 2.36. The van der Waals surface area contributed by atoms with E-state index >= 15 is 0 Å². The summed E-state index contributed by atoms with van der Waals surface area (Å²) in [5.74, 6) is 0.826. The molecule has 0 amide bonds. The van der Waals surface area contributed by atoms with E-state index in [1.165, 1.54) is 0 Å². The Morgan fingerprint density at radius 2 is 2.35 bits per heavy atom. The highest BCUT2D eigenvalue weighted by molar-refractivity contribution is 7.75. The number of aliphatic hydroxyl groups excluding tert-OH is 2. The number of guanidine groups is 1. The molecule has 0 spiro atoms. The normalized spacial score (nSPS) is 32.6. The molecule has 1 aromatic rings. The Bertz CT molecular complexity index is 534. The van der Waals surface area contributed by atoms with Gasteiger partial charge in [0.05, 0.1) is 12.4 Å². The largest absolute Gasteiger partial charge is 0.396 e. The molecular weight excluding hydrogens is 282 g/mol. The molecule has 9 heteroatoms. The fraction of sp³-hybridized carbons (Fsp3) is 0.636. The summed E-state index contributed by atoms with van der Waals surface area (Å²) in [6, 6.07) is 0.0531. The van der Waals surface area contributed by atoms with E-state index < -0.39 is 12.3 Å². The number of hydrogen-bond donors (Lipinski definition) is 5. The van der Waals surface area contributed by atoms with Crippen LogP contribution in [0.5, 0.6) is 0 Å². The van der Waals surface area contributed by atoms with Crippen molar-refractivity contribution in [1.82, 2.24) is 9.55 Å². The van der Waals surface area contributed by atoms with Gasteiger partial charge in [-0.15, -0.1) is 0 Å². The van der Waals surface area contributed by atoms with Crippen molar-refractivity contribution >= 4 is 24.7 Å². The number of thiol groups is 1. The zero-order valence-corrected chi connectivity index (χ0v) is 11.6. The maximum atomic E-state index is 9.91. The first-order chi connectivity index (χ1) is 9.63. The van der Waals surface area contributed by atoms with Crippen molar-refractivity contribution in [3.63, 3.8) is 0 Å². The molecule has 0 aromatic carbocycles. The summed E-state index contributed by atoms with van der Waals surface area (Å²) in [6.07, 6.45) is 1.78. The Labute approximate surface area is 121 Å². The minimum Gasteiger partial charge on any atom is -0.396 e. The van der Waals surface area contributed by atoms with Crippen molar-refractivity contribution < 1.29 is 14.4 Å². The Kier molecular flexibility index (Phi) is 3.59. The molecule has 0 saturated heterocycles. The van der Waals surface area contributed by atoms with E-state index in [9.17, 15) is 10.2 Å². The van der Waals surface area contributed by atoms with Crippen LogP contribution in [0.3, 0.4) is 0 Å². The summed E-state index contributed by atoms with van der Waals surface area (Å²) in [4.78, 5) is 8.33. The number of fused-ring (bicyclic) bond motifs is 1. The molecule has 8 nitrogen and oxygen atoms in total. The second-order valence-electron chi connectivity index (χ2n) is 5.12. The second-order valence-corrected chi connectivity index (χ2v) is 5.33. The lowest BCUT2D eigenvalue weighted by Gasteiger charge is -2.22. The molecule has 110 valence electrons. The SMILES string of the molecule is NC1=NC(OS)c2ncn([C@@H]3C[C@H](CO)[C@@H](O)C3)c2N1. The van der Waals surface area contributed by atoms with Crippen LogP contribution in [0.25, 0.3) is 0 Å². The fourth-order valence-corrected chi connectivity index (χ4v) is 3.02. The van der Waals surface area contributed by atoms with Crippen molar-refractivity contribution in [2.45, 2.75) is 31.2 Å². The molecule has 1 aliphatic heterocycles. The van der Waals surface area contributed by atoms with Crippen LogP contribution >= 0.6 is 12.9 Å². The number of hydrogen-bond acceptors (Lipinski definition) is 8. The van der Waals surface area contributed by atoms with Gasteiger partial charge in [0.1, 0.15) is 11.5 Å². The van der Waals surface area contributed by atoms with Crippen molar-refractivity contribution in [2.24, 2.45) is 16.6 Å². The third-order valence-corrected chi connectivity index (χ3v) is 4.12. The first kappa shape index (κ1) is 13.7. The summed E-state index contributed by atoms with van der Waals surface area (Å²) < 4.78 is 6.86. The fourth-order valence-electron chi connectivity index (χ4n) is 2.87. The van der Waals surface area contributed by atoms with Gasteiger partial charge >= 0.3 is 0 Å². The lowest BCUT2D eigenvalue weighted by Crippen LogP contribution is -2.29. The highest BCUT2D eigenvalue weighted by atomic mass is 32.1. The van der Waals surface area contributed by atoms with Crippen LogP contribution in [0.2, 0.25) is 0 Å². The molecule has 0 bridgehead atoms. The third kappa shape index (κ3) is 2.16. The van der Waals surface area contributed by atoms with Gasteiger partial charge in [-0.3, -0.25) is 4.18 Å². The Balaban J connectivity index is 1.89. The molecule has 2 heterocycles. The van der Waals surface area contributed by atoms with Crippen LogP contribution in [-0.2, 0) is 4.18 Å². The monoisotopic (exact) mass is 299 g/mol. The number of anilines is 1. The Morgan fingerprint density at radius 1 is 1.55 bits per heavy atom. The molecule has 1 saturated carbocycles. The molecule has 1 aliphatic carbocycles. The van der Waals surface area contributed by atoms with E-state index in [0.717, 1.165) is 0 Å². The van der Waals surface area contributed by atoms with Crippen molar-refractivity contribution in [3.8, 4) is 0 Å². The van der Waals surface area contributed by atoms with Crippen LogP contribution in [0, 0.1) is 5.92 Å². The molecule has 4 atom stereocenters. The number of aromatic nitrogens is 2.